The van der Waals surface area contributed by atoms with E-state index in [0.29, 0.717) is 6.42 Å². The van der Waals surface area contributed by atoms with Gasteiger partial charge >= 0.3 is 5.97 Å². The van der Waals surface area contributed by atoms with Crippen LogP contribution in [0.25, 0.3) is 0 Å². The molecule has 0 saturated carbocycles. The Morgan fingerprint density at radius 1 is 1.42 bits per heavy atom. The van der Waals surface area contributed by atoms with Crippen LogP contribution in [-0.2, 0) is 8.87 Å². The van der Waals surface area contributed by atoms with Gasteiger partial charge in [-0.15, -0.1) is 23.5 Å². The topological polar surface area (TPSA) is 80.4 Å². The van der Waals surface area contributed by atoms with E-state index in [0.717, 1.165) is 17.1 Å². The molecule has 7 heteroatoms. The number of rotatable bonds is 5. The van der Waals surface area contributed by atoms with Crippen molar-refractivity contribution in [3.8, 4) is 0 Å². The van der Waals surface area contributed by atoms with Crippen molar-refractivity contribution < 1.29 is 14.8 Å². The average molecular weight is 299 g/mol. The lowest BCUT2D eigenvalue weighted by Crippen LogP contribution is -2.16. The van der Waals surface area contributed by atoms with Crippen LogP contribution in [0.5, 0.6) is 0 Å². The summed E-state index contributed by atoms with van der Waals surface area (Å²) in [5, 5.41) is 19.7. The van der Waals surface area contributed by atoms with Crippen molar-refractivity contribution in [2.75, 3.05) is 11.5 Å². The van der Waals surface area contributed by atoms with Gasteiger partial charge in [0, 0.05) is 30.1 Å². The molecule has 1 aliphatic rings. The van der Waals surface area contributed by atoms with Crippen molar-refractivity contribution in [3.63, 3.8) is 0 Å². The molecule has 0 radical (unpaired) electrons. The van der Waals surface area contributed by atoms with E-state index in [2.05, 4.69) is 0 Å². The molecule has 0 bridgehead atoms. The van der Waals surface area contributed by atoms with Crippen molar-refractivity contribution in [2.45, 2.75) is 16.9 Å². The molecule has 1 heterocycles. The second-order valence-corrected chi connectivity index (χ2v) is 7.20. The zero-order valence-corrected chi connectivity index (χ0v) is 11.7. The first-order valence-corrected chi connectivity index (χ1v) is 7.75. The molecule has 5 nitrogen and oxygen atoms in total. The number of carboxylic acids is 1. The molecule has 1 N–H and O–H groups in total. The van der Waals surface area contributed by atoms with Gasteiger partial charge in [-0.2, -0.15) is 0 Å². The highest BCUT2D eigenvalue weighted by molar-refractivity contribution is 8.20. The molecule has 0 aliphatic carbocycles. The van der Waals surface area contributed by atoms with Gasteiger partial charge in [0.05, 0.1) is 9.00 Å². The first-order valence-electron chi connectivity index (χ1n) is 5.78. The number of benzene rings is 1. The first kappa shape index (κ1) is 14.2. The summed E-state index contributed by atoms with van der Waals surface area (Å²) in [6.45, 7) is 0. The van der Waals surface area contributed by atoms with Crippen LogP contribution >= 0.6 is 23.5 Å². The van der Waals surface area contributed by atoms with Crippen LogP contribution in [0.15, 0.2) is 24.3 Å². The highest BCUT2D eigenvalue weighted by Gasteiger charge is 2.38. The maximum Gasteiger partial charge on any atom is 0.303 e. The van der Waals surface area contributed by atoms with Crippen molar-refractivity contribution in [1.29, 1.82) is 0 Å². The van der Waals surface area contributed by atoms with E-state index in [4.69, 9.17) is 5.11 Å². The number of carboxylic acid groups (broad SMARTS) is 1. The second kappa shape index (κ2) is 5.83. The van der Waals surface area contributed by atoms with Gasteiger partial charge < -0.3 is 5.11 Å². The summed E-state index contributed by atoms with van der Waals surface area (Å²) in [5.41, 5.74) is 0.899. The summed E-state index contributed by atoms with van der Waals surface area (Å²) in [5.74, 6) is 1.04. The number of thioether (sulfide) groups is 2. The molecule has 0 aromatic heterocycles. The van der Waals surface area contributed by atoms with Crippen LogP contribution in [0.3, 0.4) is 0 Å². The molecular weight excluding hydrogens is 286 g/mol. The summed E-state index contributed by atoms with van der Waals surface area (Å²) >= 11 is 3.36. The summed E-state index contributed by atoms with van der Waals surface area (Å²) in [6, 6.07) is 6.53. The van der Waals surface area contributed by atoms with Gasteiger partial charge in [-0.25, -0.2) is 0 Å². The average Bonchev–Trinajstić information content (AvgIpc) is 2.86. The van der Waals surface area contributed by atoms with E-state index in [9.17, 15) is 14.9 Å². The minimum absolute atomic E-state index is 0.0558. The Hall–Kier alpha value is -1.21. The van der Waals surface area contributed by atoms with E-state index in [1.807, 2.05) is 6.07 Å². The first-order chi connectivity index (χ1) is 9.03. The molecule has 1 aliphatic heterocycles. The summed E-state index contributed by atoms with van der Waals surface area (Å²) in [4.78, 5) is 21.2. The lowest BCUT2D eigenvalue weighted by molar-refractivity contribution is -0.384. The van der Waals surface area contributed by atoms with E-state index in [1.54, 1.807) is 35.7 Å². The Balaban J connectivity index is 2.30. The summed E-state index contributed by atoms with van der Waals surface area (Å²) < 4.78 is -0.357. The van der Waals surface area contributed by atoms with Crippen molar-refractivity contribution >= 4 is 35.2 Å². The van der Waals surface area contributed by atoms with Crippen LogP contribution in [0.1, 0.15) is 18.4 Å². The molecule has 1 fully saturated rings. The molecular formula is C12H13NO4S2. The Bertz CT molecular complexity index is 500. The van der Waals surface area contributed by atoms with Crippen LogP contribution in [0.4, 0.5) is 5.69 Å². The Labute approximate surface area is 118 Å². The van der Waals surface area contributed by atoms with Crippen LogP contribution < -0.4 is 0 Å². The molecule has 19 heavy (non-hydrogen) atoms. The quantitative estimate of drug-likeness (QED) is 0.664. The smallest absolute Gasteiger partial charge is 0.303 e. The van der Waals surface area contributed by atoms with Gasteiger partial charge in [-0.05, 0) is 12.0 Å². The molecule has 1 saturated heterocycles. The lowest BCUT2D eigenvalue weighted by Gasteiger charge is -2.27. The minimum atomic E-state index is -0.835. The maximum atomic E-state index is 10.8. The third-order valence-corrected chi connectivity index (χ3v) is 6.51. The van der Waals surface area contributed by atoms with Crippen LogP contribution in [-0.4, -0.2) is 27.5 Å². The Morgan fingerprint density at radius 3 is 2.68 bits per heavy atom. The minimum Gasteiger partial charge on any atom is -0.481 e. The van der Waals surface area contributed by atoms with Gasteiger partial charge in [0.25, 0.3) is 5.69 Å². The standard InChI is InChI=1S/C12H13NO4S2/c14-11(15)4-5-12(18-6-7-19-12)9-2-1-3-10(8-9)13(16)17/h1-3,8H,4-7H2,(H,14,15). The number of nitrogens with zero attached hydrogens (tertiary/aromatic N) is 1. The van der Waals surface area contributed by atoms with Gasteiger partial charge in [-0.1, -0.05) is 12.1 Å². The van der Waals surface area contributed by atoms with E-state index < -0.39 is 10.9 Å². The molecule has 0 spiro atoms. The Morgan fingerprint density at radius 2 is 2.11 bits per heavy atom. The number of hydrogen-bond donors (Lipinski definition) is 1. The molecule has 0 atom stereocenters. The summed E-state index contributed by atoms with van der Waals surface area (Å²) in [6.07, 6.45) is 0.557. The molecule has 1 aromatic rings. The highest BCUT2D eigenvalue weighted by atomic mass is 32.2. The molecule has 1 aromatic carbocycles. The van der Waals surface area contributed by atoms with E-state index in [1.165, 1.54) is 6.07 Å². The molecule has 0 amide bonds. The highest BCUT2D eigenvalue weighted by Crippen LogP contribution is 2.55. The van der Waals surface area contributed by atoms with Gasteiger partial charge in [0.2, 0.25) is 0 Å². The Kier molecular flexibility index (Phi) is 4.36. The van der Waals surface area contributed by atoms with Crippen molar-refractivity contribution in [2.24, 2.45) is 0 Å². The van der Waals surface area contributed by atoms with Crippen molar-refractivity contribution in [3.05, 3.63) is 39.9 Å². The monoisotopic (exact) mass is 299 g/mol. The number of nitro benzene ring substituents is 1. The van der Waals surface area contributed by atoms with E-state index >= 15 is 0 Å². The third-order valence-electron chi connectivity index (χ3n) is 2.92. The summed E-state index contributed by atoms with van der Waals surface area (Å²) in [7, 11) is 0. The number of nitro groups is 1. The van der Waals surface area contributed by atoms with Gasteiger partial charge in [0.1, 0.15) is 0 Å². The maximum absolute atomic E-state index is 10.8. The van der Waals surface area contributed by atoms with Crippen LogP contribution in [0, 0.1) is 10.1 Å². The second-order valence-electron chi connectivity index (χ2n) is 4.15. The predicted molar refractivity (Wildman–Crippen MR) is 76.6 cm³/mol. The normalized spacial score (nSPS) is 17.3. The van der Waals surface area contributed by atoms with E-state index in [-0.39, 0.29) is 16.2 Å². The fourth-order valence-electron chi connectivity index (χ4n) is 2.04. The molecule has 2 rings (SSSR count). The number of aliphatic carboxylic acids is 1. The molecule has 0 unspecified atom stereocenters. The zero-order valence-electron chi connectivity index (χ0n) is 10.1. The largest absolute Gasteiger partial charge is 0.481 e. The van der Waals surface area contributed by atoms with Gasteiger partial charge in [-0.3, -0.25) is 14.9 Å². The number of non-ortho nitro benzene ring substituents is 1. The lowest BCUT2D eigenvalue weighted by atomic mass is 10.1. The predicted octanol–water partition coefficient (Wildman–Crippen LogP) is 3.09. The molecule has 102 valence electrons. The zero-order chi connectivity index (χ0) is 13.9. The number of carbonyl (C=O) groups is 1. The SMILES string of the molecule is O=C(O)CCC1(c2cccc([N+](=O)[O-])c2)SCCS1. The fraction of sp³-hybridized carbons (Fsp3) is 0.417. The third kappa shape index (κ3) is 3.22. The number of hydrogen-bond acceptors (Lipinski definition) is 5. The van der Waals surface area contributed by atoms with Crippen LogP contribution in [0.2, 0.25) is 0 Å². The van der Waals surface area contributed by atoms with Gasteiger partial charge in [0.15, 0.2) is 0 Å². The van der Waals surface area contributed by atoms with Crippen molar-refractivity contribution in [1.82, 2.24) is 0 Å². The fourth-order valence-corrected chi connectivity index (χ4v) is 5.28.